The van der Waals surface area contributed by atoms with Gasteiger partial charge in [0.05, 0.1) is 5.38 Å². The average Bonchev–Trinajstić information content (AvgIpc) is 2.39. The second-order valence-corrected chi connectivity index (χ2v) is 5.72. The summed E-state index contributed by atoms with van der Waals surface area (Å²) in [4.78, 5) is 0. The van der Waals surface area contributed by atoms with Crippen LogP contribution in [-0.2, 0) is 6.42 Å². The van der Waals surface area contributed by atoms with Gasteiger partial charge in [-0.1, -0.05) is 29.8 Å². The minimum Gasteiger partial charge on any atom is -0.207 e. The largest absolute Gasteiger partial charge is 0.207 e. The van der Waals surface area contributed by atoms with Crippen molar-refractivity contribution in [1.82, 2.24) is 0 Å². The Morgan fingerprint density at radius 3 is 2.35 bits per heavy atom. The lowest BCUT2D eigenvalue weighted by Crippen LogP contribution is -2.05. The molecule has 106 valence electrons. The van der Waals surface area contributed by atoms with E-state index in [-0.39, 0.29) is 5.56 Å². The van der Waals surface area contributed by atoms with Gasteiger partial charge in [-0.25, -0.2) is 8.78 Å². The molecule has 0 aliphatic heterocycles. The molecule has 0 heterocycles. The highest BCUT2D eigenvalue weighted by atomic mass is 35.5. The minimum atomic E-state index is -0.713. The highest BCUT2D eigenvalue weighted by molar-refractivity contribution is 6.21. The van der Waals surface area contributed by atoms with E-state index < -0.39 is 17.0 Å². The van der Waals surface area contributed by atoms with Crippen molar-refractivity contribution in [2.75, 3.05) is 0 Å². The highest BCUT2D eigenvalue weighted by Crippen LogP contribution is 2.31. The molecule has 0 bridgehead atoms. The Hall–Kier alpha value is -1.41. The van der Waals surface area contributed by atoms with Gasteiger partial charge in [0.2, 0.25) is 0 Å². The van der Waals surface area contributed by atoms with E-state index in [4.69, 9.17) is 11.6 Å². The molecule has 0 fully saturated rings. The Morgan fingerprint density at radius 1 is 1.00 bits per heavy atom. The number of halogens is 3. The Morgan fingerprint density at radius 2 is 1.65 bits per heavy atom. The smallest absolute Gasteiger partial charge is 0.133 e. The zero-order chi connectivity index (χ0) is 14.9. The molecule has 2 aromatic carbocycles. The van der Waals surface area contributed by atoms with Gasteiger partial charge < -0.3 is 0 Å². The zero-order valence-corrected chi connectivity index (χ0v) is 12.6. The molecule has 0 aliphatic rings. The summed E-state index contributed by atoms with van der Waals surface area (Å²) in [5, 5.41) is -0.713. The van der Waals surface area contributed by atoms with E-state index in [1.807, 2.05) is 32.0 Å². The molecule has 2 aromatic rings. The lowest BCUT2D eigenvalue weighted by atomic mass is 9.97. The molecular formula is C17H17ClF2. The van der Waals surface area contributed by atoms with E-state index >= 15 is 0 Å². The van der Waals surface area contributed by atoms with Crippen LogP contribution in [-0.4, -0.2) is 0 Å². The number of rotatable bonds is 3. The first kappa shape index (κ1) is 15.0. The van der Waals surface area contributed by atoms with E-state index in [0.717, 1.165) is 16.7 Å². The van der Waals surface area contributed by atoms with Gasteiger partial charge in [-0.3, -0.25) is 0 Å². The van der Waals surface area contributed by atoms with E-state index in [9.17, 15) is 8.78 Å². The van der Waals surface area contributed by atoms with Gasteiger partial charge in [0.25, 0.3) is 0 Å². The third-order valence-electron chi connectivity index (χ3n) is 3.54. The van der Waals surface area contributed by atoms with Gasteiger partial charge in [0.15, 0.2) is 0 Å². The molecule has 1 atom stereocenters. The standard InChI is InChI=1S/C17H17ClF2/c1-10-4-5-11(2)13(8-10)9-14(18)16-15(19)7-6-12(3)17(16)20/h4-8,14H,9H2,1-3H3. The molecule has 0 saturated heterocycles. The van der Waals surface area contributed by atoms with E-state index in [2.05, 4.69) is 0 Å². The quantitative estimate of drug-likeness (QED) is 0.664. The molecule has 0 aromatic heterocycles. The van der Waals surface area contributed by atoms with Crippen molar-refractivity contribution in [1.29, 1.82) is 0 Å². The van der Waals surface area contributed by atoms with Gasteiger partial charge in [0, 0.05) is 5.56 Å². The Kier molecular flexibility index (Phi) is 4.44. The lowest BCUT2D eigenvalue weighted by molar-refractivity contribution is 0.545. The number of aryl methyl sites for hydroxylation is 3. The fourth-order valence-corrected chi connectivity index (χ4v) is 2.65. The van der Waals surface area contributed by atoms with Gasteiger partial charge in [0.1, 0.15) is 11.6 Å². The summed E-state index contributed by atoms with van der Waals surface area (Å²) < 4.78 is 27.9. The predicted molar refractivity (Wildman–Crippen MR) is 79.3 cm³/mol. The summed E-state index contributed by atoms with van der Waals surface area (Å²) in [6.45, 7) is 5.57. The molecule has 3 heteroatoms. The van der Waals surface area contributed by atoms with Crippen LogP contribution >= 0.6 is 11.6 Å². The minimum absolute atomic E-state index is 0.0347. The maximum Gasteiger partial charge on any atom is 0.133 e. The summed E-state index contributed by atoms with van der Waals surface area (Å²) in [7, 11) is 0. The van der Waals surface area contributed by atoms with Gasteiger partial charge in [-0.15, -0.1) is 11.6 Å². The van der Waals surface area contributed by atoms with Gasteiger partial charge in [-0.2, -0.15) is 0 Å². The molecule has 1 unspecified atom stereocenters. The van der Waals surface area contributed by atoms with Crippen molar-refractivity contribution in [3.05, 3.63) is 69.8 Å². The van der Waals surface area contributed by atoms with E-state index in [0.29, 0.717) is 12.0 Å². The average molecular weight is 295 g/mol. The lowest BCUT2D eigenvalue weighted by Gasteiger charge is -2.15. The molecule has 0 saturated carbocycles. The number of hydrogen-bond acceptors (Lipinski definition) is 0. The SMILES string of the molecule is Cc1ccc(C)c(CC(Cl)c2c(F)ccc(C)c2F)c1. The second-order valence-electron chi connectivity index (χ2n) is 5.19. The Bertz CT molecular complexity index is 635. The van der Waals surface area contributed by atoms with Gasteiger partial charge in [-0.05, 0) is 49.9 Å². The Balaban J connectivity index is 2.35. The van der Waals surface area contributed by atoms with Crippen LogP contribution < -0.4 is 0 Å². The van der Waals surface area contributed by atoms with Crippen LogP contribution in [0.25, 0.3) is 0 Å². The number of alkyl halides is 1. The van der Waals surface area contributed by atoms with Crippen molar-refractivity contribution >= 4 is 11.6 Å². The summed E-state index contributed by atoms with van der Waals surface area (Å²) in [6, 6.07) is 8.71. The normalized spacial score (nSPS) is 12.5. The zero-order valence-electron chi connectivity index (χ0n) is 11.8. The molecule has 0 N–H and O–H groups in total. The first-order chi connectivity index (χ1) is 9.40. The maximum atomic E-state index is 14.1. The first-order valence-electron chi connectivity index (χ1n) is 6.55. The molecular weight excluding hydrogens is 278 g/mol. The topological polar surface area (TPSA) is 0 Å². The molecule has 0 nitrogen and oxygen atoms in total. The van der Waals surface area contributed by atoms with Crippen LogP contribution in [0.1, 0.15) is 33.2 Å². The van der Waals surface area contributed by atoms with Crippen molar-refractivity contribution in [2.24, 2.45) is 0 Å². The second kappa shape index (κ2) is 5.92. The number of hydrogen-bond donors (Lipinski definition) is 0. The van der Waals surface area contributed by atoms with Crippen molar-refractivity contribution < 1.29 is 8.78 Å². The Labute approximate surface area is 123 Å². The molecule has 0 aliphatic carbocycles. The summed E-state index contributed by atoms with van der Waals surface area (Å²) >= 11 is 6.27. The van der Waals surface area contributed by atoms with Crippen LogP contribution in [0.3, 0.4) is 0 Å². The third kappa shape index (κ3) is 3.01. The highest BCUT2D eigenvalue weighted by Gasteiger charge is 2.20. The van der Waals surface area contributed by atoms with Gasteiger partial charge >= 0.3 is 0 Å². The monoisotopic (exact) mass is 294 g/mol. The molecule has 20 heavy (non-hydrogen) atoms. The molecule has 0 spiro atoms. The molecule has 0 radical (unpaired) electrons. The van der Waals surface area contributed by atoms with Crippen molar-refractivity contribution in [3.63, 3.8) is 0 Å². The van der Waals surface area contributed by atoms with Crippen LogP contribution in [0.2, 0.25) is 0 Å². The van der Waals surface area contributed by atoms with Crippen LogP contribution in [0.4, 0.5) is 8.78 Å². The molecule has 0 amide bonds. The fraction of sp³-hybridized carbons (Fsp3) is 0.294. The fourth-order valence-electron chi connectivity index (χ4n) is 2.28. The van der Waals surface area contributed by atoms with Crippen LogP contribution in [0.5, 0.6) is 0 Å². The summed E-state index contributed by atoms with van der Waals surface area (Å²) in [6.07, 6.45) is 0.409. The van der Waals surface area contributed by atoms with Crippen molar-refractivity contribution in [3.8, 4) is 0 Å². The maximum absolute atomic E-state index is 14.1. The first-order valence-corrected chi connectivity index (χ1v) is 6.98. The van der Waals surface area contributed by atoms with E-state index in [1.165, 1.54) is 12.1 Å². The molecule has 2 rings (SSSR count). The predicted octanol–water partition coefficient (Wildman–Crippen LogP) is 5.41. The number of benzene rings is 2. The van der Waals surface area contributed by atoms with E-state index in [1.54, 1.807) is 6.92 Å². The summed E-state index contributed by atoms with van der Waals surface area (Å²) in [5.74, 6) is -1.13. The van der Waals surface area contributed by atoms with Crippen LogP contribution in [0.15, 0.2) is 30.3 Å². The van der Waals surface area contributed by atoms with Crippen molar-refractivity contribution in [2.45, 2.75) is 32.6 Å². The third-order valence-corrected chi connectivity index (χ3v) is 3.91. The van der Waals surface area contributed by atoms with Crippen LogP contribution in [0, 0.1) is 32.4 Å². The summed E-state index contributed by atoms with van der Waals surface area (Å²) in [5.41, 5.74) is 3.58.